The minimum absolute atomic E-state index is 0.00536. The minimum atomic E-state index is -1.22. The standard InChI is InChI=1S/C27H43N7O6/c1-15(2)11-18(23(35)32-19(27(39)40)12-17-13-29-14-30-17)31-24(36)20-7-5-9-33(20)25(37)21-8-6-10-34(21)26(38)22(28)16(3)4/h13-16,18-22H,5-12,28H2,1-4H3,(H,29,30)(H,31,36)(H,32,35)(H,39,40)/t18-,19-,20-,21-,22-/m0/s1. The van der Waals surface area contributed by atoms with Crippen LogP contribution in [0.2, 0.25) is 0 Å². The molecule has 13 heteroatoms. The number of aliphatic carboxylic acids is 1. The number of likely N-dealkylation sites (tertiary alicyclic amines) is 2. The van der Waals surface area contributed by atoms with Crippen molar-refractivity contribution in [1.29, 1.82) is 0 Å². The van der Waals surface area contributed by atoms with Crippen molar-refractivity contribution in [2.75, 3.05) is 13.1 Å². The number of carboxylic acid groups (broad SMARTS) is 1. The molecule has 0 saturated carbocycles. The monoisotopic (exact) mass is 561 g/mol. The van der Waals surface area contributed by atoms with E-state index in [1.54, 1.807) is 4.90 Å². The fourth-order valence-electron chi connectivity index (χ4n) is 5.32. The SMILES string of the molecule is CC(C)C[C@H](NC(=O)[C@@H]1CCCN1C(=O)[C@@H]1CCCN1C(=O)[C@@H](N)C(C)C)C(=O)N[C@@H](Cc1cnc[nH]1)C(=O)O. The van der Waals surface area contributed by atoms with E-state index in [0.717, 1.165) is 0 Å². The maximum atomic E-state index is 13.6. The number of rotatable bonds is 12. The fraction of sp³-hybridized carbons (Fsp3) is 0.704. The van der Waals surface area contributed by atoms with Crippen LogP contribution in [0, 0.1) is 11.8 Å². The van der Waals surface area contributed by atoms with Gasteiger partial charge >= 0.3 is 5.97 Å². The van der Waals surface area contributed by atoms with Gasteiger partial charge in [0.2, 0.25) is 23.6 Å². The van der Waals surface area contributed by atoms with Crippen LogP contribution in [-0.2, 0) is 30.4 Å². The number of carboxylic acids is 1. The quantitative estimate of drug-likeness (QED) is 0.236. The van der Waals surface area contributed by atoms with Gasteiger partial charge in [0.15, 0.2) is 0 Å². The summed E-state index contributed by atoms with van der Waals surface area (Å²) < 4.78 is 0. The molecule has 6 N–H and O–H groups in total. The van der Waals surface area contributed by atoms with Gasteiger partial charge in [-0.15, -0.1) is 0 Å². The number of amides is 4. The molecular weight excluding hydrogens is 518 g/mol. The summed E-state index contributed by atoms with van der Waals surface area (Å²) in [5.74, 6) is -2.88. The predicted molar refractivity (Wildman–Crippen MR) is 146 cm³/mol. The minimum Gasteiger partial charge on any atom is -0.480 e. The van der Waals surface area contributed by atoms with Crippen LogP contribution in [0.25, 0.3) is 0 Å². The van der Waals surface area contributed by atoms with Crippen LogP contribution in [0.4, 0.5) is 0 Å². The first-order chi connectivity index (χ1) is 18.9. The highest BCUT2D eigenvalue weighted by atomic mass is 16.4. The van der Waals surface area contributed by atoms with Crippen LogP contribution in [0.5, 0.6) is 0 Å². The Bertz CT molecular complexity index is 1060. The number of aromatic nitrogens is 2. The summed E-state index contributed by atoms with van der Waals surface area (Å²) in [4.78, 5) is 74.7. The third-order valence-electron chi connectivity index (χ3n) is 7.60. The van der Waals surface area contributed by atoms with Crippen LogP contribution in [-0.4, -0.2) is 97.8 Å². The Balaban J connectivity index is 1.70. The van der Waals surface area contributed by atoms with Crippen LogP contribution in [0.3, 0.4) is 0 Å². The van der Waals surface area contributed by atoms with Gasteiger partial charge in [-0.2, -0.15) is 0 Å². The molecule has 0 radical (unpaired) electrons. The predicted octanol–water partition coefficient (Wildman–Crippen LogP) is 0.0178. The number of carbonyl (C=O) groups is 5. The summed E-state index contributed by atoms with van der Waals surface area (Å²) in [6.45, 7) is 8.32. The molecule has 2 saturated heterocycles. The molecule has 222 valence electrons. The number of aromatic amines is 1. The van der Waals surface area contributed by atoms with E-state index in [9.17, 15) is 29.1 Å². The zero-order valence-electron chi connectivity index (χ0n) is 23.8. The van der Waals surface area contributed by atoms with Gasteiger partial charge in [0.25, 0.3) is 0 Å². The molecule has 0 bridgehead atoms. The lowest BCUT2D eigenvalue weighted by Gasteiger charge is -2.33. The van der Waals surface area contributed by atoms with Crippen molar-refractivity contribution < 1.29 is 29.1 Å². The molecule has 13 nitrogen and oxygen atoms in total. The number of carbonyl (C=O) groups excluding carboxylic acids is 4. The second-order valence-electron chi connectivity index (χ2n) is 11.5. The van der Waals surface area contributed by atoms with Crippen molar-refractivity contribution in [2.24, 2.45) is 17.6 Å². The van der Waals surface area contributed by atoms with Gasteiger partial charge in [0.1, 0.15) is 24.2 Å². The Morgan fingerprint density at radius 1 is 1.02 bits per heavy atom. The first kappa shape index (κ1) is 31.1. The zero-order chi connectivity index (χ0) is 29.6. The largest absolute Gasteiger partial charge is 0.480 e. The van der Waals surface area contributed by atoms with E-state index in [1.807, 2.05) is 27.7 Å². The van der Waals surface area contributed by atoms with Gasteiger partial charge in [0, 0.05) is 31.4 Å². The second-order valence-corrected chi connectivity index (χ2v) is 11.5. The molecule has 0 aliphatic carbocycles. The Morgan fingerprint density at radius 3 is 2.25 bits per heavy atom. The summed E-state index contributed by atoms with van der Waals surface area (Å²) in [5.41, 5.74) is 6.63. The first-order valence-corrected chi connectivity index (χ1v) is 14.1. The van der Waals surface area contributed by atoms with Gasteiger partial charge in [-0.25, -0.2) is 9.78 Å². The number of nitrogens with zero attached hydrogens (tertiary/aromatic N) is 3. The van der Waals surface area contributed by atoms with Crippen molar-refractivity contribution in [3.05, 3.63) is 18.2 Å². The third-order valence-corrected chi connectivity index (χ3v) is 7.60. The third kappa shape index (κ3) is 7.58. The molecule has 2 fully saturated rings. The Morgan fingerprint density at radius 2 is 1.68 bits per heavy atom. The van der Waals surface area contributed by atoms with E-state index in [4.69, 9.17) is 5.73 Å². The summed E-state index contributed by atoms with van der Waals surface area (Å²) in [5, 5.41) is 15.0. The molecule has 1 aromatic heterocycles. The van der Waals surface area contributed by atoms with Crippen LogP contribution < -0.4 is 16.4 Å². The average molecular weight is 562 g/mol. The lowest BCUT2D eigenvalue weighted by molar-refractivity contribution is -0.147. The zero-order valence-corrected chi connectivity index (χ0v) is 23.8. The molecule has 40 heavy (non-hydrogen) atoms. The molecule has 3 rings (SSSR count). The average Bonchev–Trinajstić information content (AvgIpc) is 3.67. The Kier molecular flexibility index (Phi) is 10.7. The Labute approximate surface area is 234 Å². The number of nitrogens with one attached hydrogen (secondary N) is 3. The highest BCUT2D eigenvalue weighted by Crippen LogP contribution is 2.26. The molecule has 0 unspecified atom stereocenters. The van der Waals surface area contributed by atoms with Crippen molar-refractivity contribution in [3.63, 3.8) is 0 Å². The first-order valence-electron chi connectivity index (χ1n) is 14.1. The molecule has 2 aliphatic rings. The normalized spacial score (nSPS) is 21.4. The summed E-state index contributed by atoms with van der Waals surface area (Å²) in [6, 6.07) is -4.36. The van der Waals surface area contributed by atoms with Gasteiger partial charge in [-0.1, -0.05) is 27.7 Å². The summed E-state index contributed by atoms with van der Waals surface area (Å²) in [6.07, 6.45) is 5.42. The van der Waals surface area contributed by atoms with Crippen molar-refractivity contribution in [2.45, 2.75) is 96.4 Å². The molecular formula is C27H43N7O6. The van der Waals surface area contributed by atoms with Gasteiger partial charge in [-0.3, -0.25) is 19.2 Å². The highest BCUT2D eigenvalue weighted by Gasteiger charge is 2.43. The van der Waals surface area contributed by atoms with Gasteiger partial charge < -0.3 is 36.3 Å². The second kappa shape index (κ2) is 13.7. The van der Waals surface area contributed by atoms with E-state index < -0.39 is 48.0 Å². The summed E-state index contributed by atoms with van der Waals surface area (Å²) >= 11 is 0. The fourth-order valence-corrected chi connectivity index (χ4v) is 5.32. The highest BCUT2D eigenvalue weighted by molar-refractivity contribution is 5.96. The van der Waals surface area contributed by atoms with Crippen LogP contribution in [0.15, 0.2) is 12.5 Å². The Hall–Kier alpha value is -3.48. The van der Waals surface area contributed by atoms with Crippen molar-refractivity contribution in [3.8, 4) is 0 Å². The maximum Gasteiger partial charge on any atom is 0.326 e. The van der Waals surface area contributed by atoms with E-state index in [-0.39, 0.29) is 36.5 Å². The lowest BCUT2D eigenvalue weighted by atomic mass is 10.0. The molecule has 4 amide bonds. The molecule has 1 aromatic rings. The number of nitrogens with two attached hydrogens (primary N) is 1. The number of hydrogen-bond donors (Lipinski definition) is 5. The molecule has 2 aliphatic heterocycles. The lowest BCUT2D eigenvalue weighted by Crippen LogP contribution is -2.58. The van der Waals surface area contributed by atoms with Crippen LogP contribution >= 0.6 is 0 Å². The van der Waals surface area contributed by atoms with E-state index in [0.29, 0.717) is 44.5 Å². The summed E-state index contributed by atoms with van der Waals surface area (Å²) in [7, 11) is 0. The number of imidazole rings is 1. The molecule has 3 heterocycles. The molecule has 0 aromatic carbocycles. The topological polar surface area (TPSA) is 191 Å². The van der Waals surface area contributed by atoms with Crippen LogP contribution in [0.1, 0.15) is 65.5 Å². The van der Waals surface area contributed by atoms with Gasteiger partial charge in [-0.05, 0) is 43.9 Å². The van der Waals surface area contributed by atoms with Crippen molar-refractivity contribution >= 4 is 29.6 Å². The van der Waals surface area contributed by atoms with E-state index in [1.165, 1.54) is 17.4 Å². The number of H-pyrrole nitrogens is 1. The van der Waals surface area contributed by atoms with E-state index >= 15 is 0 Å². The molecule has 0 spiro atoms. The van der Waals surface area contributed by atoms with E-state index in [2.05, 4.69) is 20.6 Å². The smallest absolute Gasteiger partial charge is 0.326 e. The molecule has 5 atom stereocenters. The van der Waals surface area contributed by atoms with Gasteiger partial charge in [0.05, 0.1) is 12.4 Å². The maximum absolute atomic E-state index is 13.6. The van der Waals surface area contributed by atoms with Crippen molar-refractivity contribution in [1.82, 2.24) is 30.4 Å². The number of hydrogen-bond acceptors (Lipinski definition) is 7.